The fourth-order valence-corrected chi connectivity index (χ4v) is 0.958. The minimum absolute atomic E-state index is 0.106. The maximum absolute atomic E-state index is 13.0. The highest BCUT2D eigenvalue weighted by Gasteiger charge is 2.48. The molecule has 0 aliphatic heterocycles. The van der Waals surface area contributed by atoms with Gasteiger partial charge in [-0.25, -0.2) is 4.79 Å². The van der Waals surface area contributed by atoms with Gasteiger partial charge in [0.25, 0.3) is 0 Å². The van der Waals surface area contributed by atoms with Crippen LogP contribution in [-0.4, -0.2) is 29.7 Å². The van der Waals surface area contributed by atoms with Gasteiger partial charge in [-0.1, -0.05) is 13.8 Å². The van der Waals surface area contributed by atoms with Crippen molar-refractivity contribution in [2.24, 2.45) is 5.92 Å². The molecule has 0 aromatic carbocycles. The van der Waals surface area contributed by atoms with E-state index in [1.54, 1.807) is 13.8 Å². The third-order valence-electron chi connectivity index (χ3n) is 1.66. The van der Waals surface area contributed by atoms with E-state index in [9.17, 15) is 13.6 Å². The first-order valence-corrected chi connectivity index (χ1v) is 4.55. The average molecular weight is 210 g/mol. The van der Waals surface area contributed by atoms with Gasteiger partial charge >= 0.3 is 11.9 Å². The summed E-state index contributed by atoms with van der Waals surface area (Å²) < 4.78 is 30.2. The molecule has 1 atom stereocenters. The van der Waals surface area contributed by atoms with Crippen molar-refractivity contribution in [3.63, 3.8) is 0 Å². The summed E-state index contributed by atoms with van der Waals surface area (Å²) in [5.41, 5.74) is 0. The highest BCUT2D eigenvalue weighted by molar-refractivity contribution is 5.78. The molecule has 3 nitrogen and oxygen atoms in total. The van der Waals surface area contributed by atoms with Crippen LogP contribution >= 0.6 is 0 Å². The Kier molecular flexibility index (Phi) is 4.97. The van der Waals surface area contributed by atoms with Gasteiger partial charge in [-0.2, -0.15) is 8.78 Å². The van der Waals surface area contributed by atoms with E-state index < -0.39 is 18.0 Å². The summed E-state index contributed by atoms with van der Waals surface area (Å²) in [6.07, 6.45) is -2.10. The summed E-state index contributed by atoms with van der Waals surface area (Å²) in [5.74, 6) is -5.57. The molecule has 0 rings (SSSR count). The minimum atomic E-state index is -3.81. The molecule has 0 fully saturated rings. The maximum atomic E-state index is 13.0. The molecule has 0 saturated carbocycles. The van der Waals surface area contributed by atoms with Crippen LogP contribution in [0.15, 0.2) is 0 Å². The number of alkyl halides is 2. The lowest BCUT2D eigenvalue weighted by Gasteiger charge is -2.21. The molecule has 0 aliphatic rings. The van der Waals surface area contributed by atoms with E-state index in [-0.39, 0.29) is 18.9 Å². The largest absolute Gasteiger partial charge is 0.461 e. The van der Waals surface area contributed by atoms with Gasteiger partial charge in [0.2, 0.25) is 0 Å². The Morgan fingerprint density at radius 3 is 2.36 bits per heavy atom. The molecule has 0 bridgehead atoms. The molecule has 0 amide bonds. The Morgan fingerprint density at radius 1 is 1.50 bits per heavy atom. The van der Waals surface area contributed by atoms with Gasteiger partial charge < -0.3 is 9.84 Å². The molecular formula is C9H16F2O3. The first-order chi connectivity index (χ1) is 6.32. The first kappa shape index (κ1) is 13.3. The Balaban J connectivity index is 4.35. The second kappa shape index (κ2) is 5.24. The molecule has 0 saturated heterocycles. The van der Waals surface area contributed by atoms with Gasteiger partial charge in [-0.05, 0) is 19.3 Å². The van der Waals surface area contributed by atoms with Crippen LogP contribution in [0.5, 0.6) is 0 Å². The van der Waals surface area contributed by atoms with Crippen molar-refractivity contribution in [2.75, 3.05) is 6.61 Å². The number of carbonyl (C=O) groups is 1. The monoisotopic (exact) mass is 210 g/mol. The number of aliphatic hydroxyl groups is 1. The standard InChI is InChI=1S/C9H16F2O3/c1-4-14-8(13)9(10,11)7(12)5-6(2)3/h6-7,12H,4-5H2,1-3H3/t7-/m1/s1. The summed E-state index contributed by atoms with van der Waals surface area (Å²) in [6.45, 7) is 4.68. The lowest BCUT2D eigenvalue weighted by molar-refractivity contribution is -0.189. The molecule has 0 aromatic heterocycles. The zero-order valence-corrected chi connectivity index (χ0v) is 8.59. The van der Waals surface area contributed by atoms with Crippen LogP contribution in [0.25, 0.3) is 0 Å². The van der Waals surface area contributed by atoms with E-state index >= 15 is 0 Å². The fourth-order valence-electron chi connectivity index (χ4n) is 0.958. The Morgan fingerprint density at radius 2 is 2.00 bits per heavy atom. The van der Waals surface area contributed by atoms with Crippen molar-refractivity contribution in [1.29, 1.82) is 0 Å². The molecule has 14 heavy (non-hydrogen) atoms. The van der Waals surface area contributed by atoms with Crippen molar-refractivity contribution in [2.45, 2.75) is 39.2 Å². The fraction of sp³-hybridized carbons (Fsp3) is 0.889. The van der Waals surface area contributed by atoms with Crippen LogP contribution in [0.1, 0.15) is 27.2 Å². The Labute approximate surface area is 82.1 Å². The molecule has 1 N–H and O–H groups in total. The zero-order valence-electron chi connectivity index (χ0n) is 8.59. The average Bonchev–Trinajstić information content (AvgIpc) is 2.03. The predicted molar refractivity (Wildman–Crippen MR) is 47.0 cm³/mol. The van der Waals surface area contributed by atoms with Crippen molar-refractivity contribution < 1.29 is 23.4 Å². The molecule has 0 spiro atoms. The molecule has 84 valence electrons. The third-order valence-corrected chi connectivity index (χ3v) is 1.66. The van der Waals surface area contributed by atoms with Crippen molar-refractivity contribution in [3.8, 4) is 0 Å². The lowest BCUT2D eigenvalue weighted by atomic mass is 10.0. The van der Waals surface area contributed by atoms with Gasteiger partial charge in [-0.3, -0.25) is 0 Å². The highest BCUT2D eigenvalue weighted by Crippen LogP contribution is 2.25. The van der Waals surface area contributed by atoms with E-state index in [2.05, 4.69) is 4.74 Å². The summed E-state index contributed by atoms with van der Waals surface area (Å²) in [7, 11) is 0. The van der Waals surface area contributed by atoms with Crippen LogP contribution in [0.4, 0.5) is 8.78 Å². The van der Waals surface area contributed by atoms with Crippen LogP contribution in [-0.2, 0) is 9.53 Å². The summed E-state index contributed by atoms with van der Waals surface area (Å²) >= 11 is 0. The number of rotatable bonds is 5. The van der Waals surface area contributed by atoms with Gasteiger partial charge in [-0.15, -0.1) is 0 Å². The number of esters is 1. The van der Waals surface area contributed by atoms with Gasteiger partial charge in [0.05, 0.1) is 6.61 Å². The van der Waals surface area contributed by atoms with E-state index in [4.69, 9.17) is 5.11 Å². The number of ether oxygens (including phenoxy) is 1. The SMILES string of the molecule is CCOC(=O)C(F)(F)[C@H](O)CC(C)C. The topological polar surface area (TPSA) is 46.5 Å². The minimum Gasteiger partial charge on any atom is -0.461 e. The second-order valence-electron chi connectivity index (χ2n) is 3.49. The van der Waals surface area contributed by atoms with Crippen LogP contribution in [0.3, 0.4) is 0 Å². The van der Waals surface area contributed by atoms with Crippen molar-refractivity contribution in [1.82, 2.24) is 0 Å². The predicted octanol–water partition coefficient (Wildman–Crippen LogP) is 1.59. The van der Waals surface area contributed by atoms with Crippen LogP contribution < -0.4 is 0 Å². The van der Waals surface area contributed by atoms with E-state index in [0.717, 1.165) is 0 Å². The van der Waals surface area contributed by atoms with Gasteiger partial charge in [0.1, 0.15) is 6.10 Å². The normalized spacial score (nSPS) is 14.2. The summed E-state index contributed by atoms with van der Waals surface area (Å²) in [4.78, 5) is 10.8. The number of hydrogen-bond acceptors (Lipinski definition) is 3. The summed E-state index contributed by atoms with van der Waals surface area (Å²) in [6, 6.07) is 0. The number of carbonyl (C=O) groups excluding carboxylic acids is 1. The van der Waals surface area contributed by atoms with E-state index in [1.165, 1.54) is 6.92 Å². The summed E-state index contributed by atoms with van der Waals surface area (Å²) in [5, 5.41) is 9.09. The molecule has 0 radical (unpaired) electrons. The zero-order chi connectivity index (χ0) is 11.4. The molecular weight excluding hydrogens is 194 g/mol. The highest BCUT2D eigenvalue weighted by atomic mass is 19.3. The second-order valence-corrected chi connectivity index (χ2v) is 3.49. The molecule has 0 aliphatic carbocycles. The van der Waals surface area contributed by atoms with Crippen molar-refractivity contribution >= 4 is 5.97 Å². The number of halogens is 2. The Hall–Kier alpha value is -0.710. The van der Waals surface area contributed by atoms with Gasteiger partial charge in [0, 0.05) is 0 Å². The Bertz CT molecular complexity index is 192. The molecule has 0 heterocycles. The maximum Gasteiger partial charge on any atom is 0.379 e. The lowest BCUT2D eigenvalue weighted by Crippen LogP contribution is -2.43. The smallest absolute Gasteiger partial charge is 0.379 e. The van der Waals surface area contributed by atoms with Gasteiger partial charge in [0.15, 0.2) is 0 Å². The quantitative estimate of drug-likeness (QED) is 0.701. The van der Waals surface area contributed by atoms with Crippen LogP contribution in [0, 0.1) is 5.92 Å². The molecule has 0 aromatic rings. The third kappa shape index (κ3) is 3.57. The first-order valence-electron chi connectivity index (χ1n) is 4.55. The van der Waals surface area contributed by atoms with E-state index in [1.807, 2.05) is 0 Å². The van der Waals surface area contributed by atoms with Crippen molar-refractivity contribution in [3.05, 3.63) is 0 Å². The van der Waals surface area contributed by atoms with E-state index in [0.29, 0.717) is 0 Å². The van der Waals surface area contributed by atoms with Crippen LogP contribution in [0.2, 0.25) is 0 Å². The molecule has 0 unspecified atom stereocenters. The number of aliphatic hydroxyl groups excluding tert-OH is 1. The molecule has 5 heteroatoms. The number of hydrogen-bond donors (Lipinski definition) is 1.